The van der Waals surface area contributed by atoms with E-state index in [0.717, 1.165) is 45.3 Å². The monoisotopic (exact) mass is 1120 g/mol. The van der Waals surface area contributed by atoms with E-state index in [1.807, 2.05) is 10.7 Å². The number of fused-ring (bicyclic) bond motifs is 2. The highest BCUT2D eigenvalue weighted by Crippen LogP contribution is 2.42. The zero-order chi connectivity index (χ0) is 57.2. The summed E-state index contributed by atoms with van der Waals surface area (Å²) in [6.07, 6.45) is -10.6. The van der Waals surface area contributed by atoms with Crippen molar-refractivity contribution < 1.29 is 82.8 Å². The molecule has 6 N–H and O–H groups in total. The van der Waals surface area contributed by atoms with Crippen molar-refractivity contribution in [1.29, 1.82) is 0 Å². The molecule has 7 rings (SSSR count). The van der Waals surface area contributed by atoms with E-state index in [-0.39, 0.29) is 21.5 Å². The molecule has 4 aromatic rings. The Hall–Kier alpha value is -6.85. The van der Waals surface area contributed by atoms with Gasteiger partial charge in [-0.3, -0.25) is 19.9 Å². The summed E-state index contributed by atoms with van der Waals surface area (Å²) in [6, 6.07) is 2.65. The van der Waals surface area contributed by atoms with Gasteiger partial charge in [0.25, 0.3) is 5.91 Å². The molecule has 4 amide bonds. The Morgan fingerprint density at radius 2 is 1.36 bits per heavy atom. The number of hydrazine groups is 1. The minimum Gasteiger partial charge on any atom is -0.465 e. The number of amides is 4. The molecule has 29 heteroatoms. The summed E-state index contributed by atoms with van der Waals surface area (Å²) in [5.41, 5.74) is -4.52. The molecule has 19 nitrogen and oxygen atoms in total. The van der Waals surface area contributed by atoms with Crippen LogP contribution in [-0.4, -0.2) is 159 Å². The fourth-order valence-electron chi connectivity index (χ4n) is 9.55. The molecule has 0 saturated carbocycles. The van der Waals surface area contributed by atoms with Crippen molar-refractivity contribution in [3.63, 3.8) is 0 Å². The first-order valence-electron chi connectivity index (χ1n) is 24.3. The van der Waals surface area contributed by atoms with E-state index in [1.165, 1.54) is 17.4 Å². The number of aromatic nitrogens is 4. The Morgan fingerprint density at radius 3 is 1.85 bits per heavy atom. The second-order valence-corrected chi connectivity index (χ2v) is 20.4. The van der Waals surface area contributed by atoms with Crippen LogP contribution in [0.25, 0.3) is 22.4 Å². The van der Waals surface area contributed by atoms with Crippen LogP contribution in [0.1, 0.15) is 58.2 Å². The Kier molecular flexibility index (Phi) is 17.5. The van der Waals surface area contributed by atoms with Crippen molar-refractivity contribution in [2.75, 3.05) is 44.9 Å². The maximum Gasteiger partial charge on any atom is 0.407 e. The van der Waals surface area contributed by atoms with Crippen molar-refractivity contribution >= 4 is 29.9 Å². The van der Waals surface area contributed by atoms with E-state index in [4.69, 9.17) is 4.74 Å². The number of aliphatic hydroxyl groups excluding tert-OH is 1. The highest BCUT2D eigenvalue weighted by Gasteiger charge is 2.57. The van der Waals surface area contributed by atoms with E-state index in [9.17, 15) is 64.5 Å². The smallest absolute Gasteiger partial charge is 0.407 e. The number of anilines is 1. The van der Waals surface area contributed by atoms with Gasteiger partial charge in [0.05, 0.1) is 55.0 Å². The van der Waals surface area contributed by atoms with E-state index in [1.54, 1.807) is 24.5 Å². The van der Waals surface area contributed by atoms with Crippen LogP contribution in [0.2, 0.25) is 0 Å². The second kappa shape index (κ2) is 23.2. The van der Waals surface area contributed by atoms with Gasteiger partial charge in [-0.1, -0.05) is 24.3 Å². The zero-order valence-corrected chi connectivity index (χ0v) is 42.5. The first-order valence-corrected chi connectivity index (χ1v) is 24.3. The average Bonchev–Trinajstić information content (AvgIpc) is 4.01. The van der Waals surface area contributed by atoms with Crippen molar-refractivity contribution in [3.05, 3.63) is 83.8 Å². The normalized spacial score (nSPS) is 19.0. The molecule has 426 valence electrons. The predicted molar refractivity (Wildman–Crippen MR) is 256 cm³/mol. The summed E-state index contributed by atoms with van der Waals surface area (Å²) in [7, 11) is 0.814. The molecule has 5 heterocycles. The number of rotatable bonds is 20. The number of methoxy groups -OCH3 is 1. The molecule has 2 bridgehead atoms. The SMILES string of the molecule is COC(=O)N[C@H](C(=O)N[C@@H](Cc1ccc(-c2cnc(N3CC4CCC(C3)N4C3COC3)nc2)cc1)[C@@H](O)CN(Cc1c(F)cc(-c2ccn(C(F)F)n2)cc1F)NC(=O)[C@@H](NC(=O)O)C(C)(C)C(F)(F)F)C(C)(C)C(F)(F)F. The molecule has 78 heavy (non-hydrogen) atoms. The predicted octanol–water partition coefficient (Wildman–Crippen LogP) is 6.19. The molecule has 0 spiro atoms. The molecule has 3 aliphatic rings. The Bertz CT molecular complexity index is 2740. The van der Waals surface area contributed by atoms with Crippen molar-refractivity contribution in [2.45, 2.75) is 115 Å². The molecular formula is C49H57F10N11O8. The Morgan fingerprint density at radius 1 is 0.795 bits per heavy atom. The number of nitrogens with zero attached hydrogens (tertiary/aromatic N) is 7. The van der Waals surface area contributed by atoms with Crippen LogP contribution in [0.3, 0.4) is 0 Å². The highest BCUT2D eigenvalue weighted by atomic mass is 19.4. The van der Waals surface area contributed by atoms with Crippen LogP contribution in [0, 0.1) is 22.5 Å². The van der Waals surface area contributed by atoms with Gasteiger partial charge in [0.2, 0.25) is 11.9 Å². The quantitative estimate of drug-likeness (QED) is 0.0429. The third-order valence-electron chi connectivity index (χ3n) is 14.5. The maximum atomic E-state index is 16.0. The number of halogens is 10. The van der Waals surface area contributed by atoms with E-state index in [0.29, 0.717) is 93.3 Å². The molecule has 3 aliphatic heterocycles. The van der Waals surface area contributed by atoms with Crippen LogP contribution in [0.5, 0.6) is 0 Å². The lowest BCUT2D eigenvalue weighted by Crippen LogP contribution is -2.63. The number of alkyl carbamates (subject to hydrolysis) is 1. The number of hydrogen-bond donors (Lipinski definition) is 6. The van der Waals surface area contributed by atoms with E-state index >= 15 is 8.78 Å². The number of hydrogen-bond acceptors (Lipinski definition) is 13. The van der Waals surface area contributed by atoms with Gasteiger partial charge < -0.3 is 40.5 Å². The summed E-state index contributed by atoms with van der Waals surface area (Å²) in [5.74, 6) is -5.69. The topological polar surface area (TPSA) is 229 Å². The Balaban J connectivity index is 1.20. The molecular weight excluding hydrogens is 1060 g/mol. The van der Waals surface area contributed by atoms with Gasteiger partial charge in [0, 0.05) is 73.5 Å². The van der Waals surface area contributed by atoms with Crippen LogP contribution < -0.4 is 26.3 Å². The number of piperazine rings is 1. The van der Waals surface area contributed by atoms with Gasteiger partial charge in [-0.25, -0.2) is 38.0 Å². The molecule has 2 aromatic heterocycles. The van der Waals surface area contributed by atoms with Gasteiger partial charge in [0.1, 0.15) is 23.7 Å². The number of benzene rings is 2. The van der Waals surface area contributed by atoms with Crippen LogP contribution in [0.4, 0.5) is 59.4 Å². The van der Waals surface area contributed by atoms with E-state index < -0.39 is 115 Å². The number of carboxylic acid groups (broad SMARTS) is 1. The molecule has 0 radical (unpaired) electrons. The van der Waals surface area contributed by atoms with Gasteiger partial charge in [-0.2, -0.15) is 40.2 Å². The zero-order valence-electron chi connectivity index (χ0n) is 42.5. The number of carbonyl (C=O) groups is 4. The summed E-state index contributed by atoms with van der Waals surface area (Å²) >= 11 is 0. The van der Waals surface area contributed by atoms with Gasteiger partial charge in [0.15, 0.2) is 0 Å². The summed E-state index contributed by atoms with van der Waals surface area (Å²) < 4.78 is 155. The number of ether oxygens (including phenoxy) is 2. The first-order chi connectivity index (χ1) is 36.5. The van der Waals surface area contributed by atoms with Crippen LogP contribution in [-0.2, 0) is 32.0 Å². The lowest BCUT2D eigenvalue weighted by molar-refractivity contribution is -0.221. The minimum absolute atomic E-state index is 0.189. The standard InChI is InChI=1S/C49H57F10N11O8/c1-46(2,48(54,55)56)38(64-45(76)77-5)40(72)62-36(14-25-6-8-26(9-7-25)28-17-60-43(61-18-28)67-19-29-10-11-30(20-67)70(29)31-23-78-24-31)37(71)22-68(66-41(73)39(63-44(74)75)47(3,4)49(57,58)59)21-32-33(50)15-27(16-34(32)51)35-12-13-69(65-35)42(52)53/h6-9,12-13,15-18,29-31,36-39,42,63,71H,10-11,14,19-24H2,1-5H3,(H,62,72)(H,64,76)(H,66,73)(H,74,75)/t29?,30?,36-,37-,38+,39+/m0/s1. The van der Waals surface area contributed by atoms with Crippen molar-refractivity contribution in [2.24, 2.45) is 10.8 Å². The van der Waals surface area contributed by atoms with Crippen molar-refractivity contribution in [3.8, 4) is 22.4 Å². The first kappa shape index (κ1) is 58.8. The number of carbonyl (C=O) groups excluding carboxylic acids is 3. The number of alkyl halides is 8. The fraction of sp³-hybridized carbons (Fsp3) is 0.531. The average molecular weight is 1120 g/mol. The third-order valence-corrected chi connectivity index (χ3v) is 14.5. The number of nitrogens with one attached hydrogen (secondary N) is 4. The molecule has 6 atom stereocenters. The third kappa shape index (κ3) is 13.0. The Labute approximate surface area is 439 Å². The minimum atomic E-state index is -5.28. The van der Waals surface area contributed by atoms with Crippen LogP contribution >= 0.6 is 0 Å². The summed E-state index contributed by atoms with van der Waals surface area (Å²) in [5, 5.41) is 31.2. The summed E-state index contributed by atoms with van der Waals surface area (Å²) in [6.45, 7) is -0.452. The lowest BCUT2D eigenvalue weighted by atomic mass is 9.82. The van der Waals surface area contributed by atoms with Crippen molar-refractivity contribution in [1.82, 2.24) is 51.0 Å². The van der Waals surface area contributed by atoms with Gasteiger partial charge >= 0.3 is 31.1 Å². The second-order valence-electron chi connectivity index (χ2n) is 20.4. The van der Waals surface area contributed by atoms with Crippen LogP contribution in [0.15, 0.2) is 61.1 Å². The highest BCUT2D eigenvalue weighted by molar-refractivity contribution is 5.87. The number of aliphatic hydroxyl groups is 1. The molecule has 2 aromatic carbocycles. The molecule has 3 saturated heterocycles. The molecule has 2 unspecified atom stereocenters. The van der Waals surface area contributed by atoms with Gasteiger partial charge in [-0.15, -0.1) is 0 Å². The fourth-order valence-corrected chi connectivity index (χ4v) is 9.55. The van der Waals surface area contributed by atoms with Gasteiger partial charge in [-0.05, 0) is 76.3 Å². The lowest BCUT2D eigenvalue weighted by Gasteiger charge is -2.47. The molecule has 0 aliphatic carbocycles. The summed E-state index contributed by atoms with van der Waals surface area (Å²) in [4.78, 5) is 66.0. The largest absolute Gasteiger partial charge is 0.465 e. The maximum absolute atomic E-state index is 16.0. The van der Waals surface area contributed by atoms with E-state index in [2.05, 4.69) is 34.9 Å². The molecule has 3 fully saturated rings.